The Labute approximate surface area is 92.9 Å². The first-order valence-electron chi connectivity index (χ1n) is 4.51. The fourth-order valence-corrected chi connectivity index (χ4v) is 1.89. The molecule has 0 saturated heterocycles. The molecule has 2 nitrogen and oxygen atoms in total. The van der Waals surface area contributed by atoms with E-state index in [9.17, 15) is 0 Å². The van der Waals surface area contributed by atoms with Gasteiger partial charge in [0, 0.05) is 23.7 Å². The Kier molecular flexibility index (Phi) is 2.94. The quantitative estimate of drug-likeness (QED) is 0.786. The third kappa shape index (κ3) is 2.02. The minimum absolute atomic E-state index is 0.644. The normalized spacial score (nSPS) is 16.0. The molecular formula is C10H10Cl2N2. The van der Waals surface area contributed by atoms with Gasteiger partial charge in [-0.25, -0.2) is 0 Å². The van der Waals surface area contributed by atoms with Crippen molar-refractivity contribution in [3.8, 4) is 0 Å². The van der Waals surface area contributed by atoms with Crippen LogP contribution in [0.4, 0.5) is 0 Å². The molecule has 1 aromatic carbocycles. The number of amidine groups is 1. The van der Waals surface area contributed by atoms with Gasteiger partial charge in [0.05, 0.1) is 5.02 Å². The van der Waals surface area contributed by atoms with Gasteiger partial charge in [0.15, 0.2) is 0 Å². The number of hydrogen-bond acceptors (Lipinski definition) is 2. The zero-order chi connectivity index (χ0) is 9.97. The molecule has 1 heterocycles. The van der Waals surface area contributed by atoms with Crippen LogP contribution in [-0.4, -0.2) is 18.9 Å². The topological polar surface area (TPSA) is 24.4 Å². The highest BCUT2D eigenvalue weighted by Crippen LogP contribution is 2.21. The van der Waals surface area contributed by atoms with Gasteiger partial charge in [-0.1, -0.05) is 23.2 Å². The molecule has 0 unspecified atom stereocenters. The Morgan fingerprint density at radius 2 is 2.14 bits per heavy atom. The third-order valence-corrected chi connectivity index (χ3v) is 2.63. The van der Waals surface area contributed by atoms with Gasteiger partial charge >= 0.3 is 0 Å². The average Bonchev–Trinajstić information content (AvgIpc) is 2.19. The van der Waals surface area contributed by atoms with Crippen LogP contribution in [0.1, 0.15) is 12.0 Å². The van der Waals surface area contributed by atoms with E-state index in [1.807, 2.05) is 12.1 Å². The molecule has 2 rings (SSSR count). The monoisotopic (exact) mass is 228 g/mol. The molecule has 0 atom stereocenters. The zero-order valence-electron chi connectivity index (χ0n) is 7.56. The van der Waals surface area contributed by atoms with Crippen LogP contribution >= 0.6 is 23.2 Å². The van der Waals surface area contributed by atoms with E-state index in [4.69, 9.17) is 23.2 Å². The van der Waals surface area contributed by atoms with Crippen LogP contribution in [0.3, 0.4) is 0 Å². The van der Waals surface area contributed by atoms with Crippen molar-refractivity contribution in [3.05, 3.63) is 33.8 Å². The molecule has 0 aliphatic carbocycles. The lowest BCUT2D eigenvalue weighted by Gasteiger charge is -2.15. The van der Waals surface area contributed by atoms with Crippen molar-refractivity contribution in [3.63, 3.8) is 0 Å². The van der Waals surface area contributed by atoms with Gasteiger partial charge in [-0.3, -0.25) is 4.99 Å². The summed E-state index contributed by atoms with van der Waals surface area (Å²) >= 11 is 11.9. The Hall–Kier alpha value is -0.730. The molecule has 1 aliphatic rings. The van der Waals surface area contributed by atoms with Crippen molar-refractivity contribution < 1.29 is 0 Å². The van der Waals surface area contributed by atoms with Crippen LogP contribution in [0.2, 0.25) is 10.0 Å². The molecule has 1 N–H and O–H groups in total. The van der Waals surface area contributed by atoms with Gasteiger partial charge < -0.3 is 5.32 Å². The summed E-state index contributed by atoms with van der Waals surface area (Å²) in [6, 6.07) is 5.45. The molecule has 1 aromatic rings. The standard InChI is InChI=1S/C10H10Cl2N2/c11-7-2-3-8(9(12)6-7)10-13-4-1-5-14-10/h2-3,6H,1,4-5H2,(H,13,14). The van der Waals surface area contributed by atoms with Crippen LogP contribution in [0.25, 0.3) is 0 Å². The molecule has 74 valence electrons. The molecule has 0 amide bonds. The first-order valence-corrected chi connectivity index (χ1v) is 5.27. The second-order valence-corrected chi connectivity index (χ2v) is 3.98. The molecule has 1 aliphatic heterocycles. The Morgan fingerprint density at radius 1 is 1.29 bits per heavy atom. The van der Waals surface area contributed by atoms with Gasteiger partial charge in [0.1, 0.15) is 5.84 Å². The van der Waals surface area contributed by atoms with Crippen molar-refractivity contribution in [2.75, 3.05) is 13.1 Å². The minimum atomic E-state index is 0.644. The summed E-state index contributed by atoms with van der Waals surface area (Å²) in [5, 5.41) is 4.51. The summed E-state index contributed by atoms with van der Waals surface area (Å²) in [6.45, 7) is 1.82. The molecule has 0 fully saturated rings. The highest BCUT2D eigenvalue weighted by atomic mass is 35.5. The molecule has 14 heavy (non-hydrogen) atoms. The third-order valence-electron chi connectivity index (χ3n) is 2.08. The number of rotatable bonds is 1. The number of nitrogens with zero attached hydrogens (tertiary/aromatic N) is 1. The fourth-order valence-electron chi connectivity index (χ4n) is 1.39. The number of nitrogens with one attached hydrogen (secondary N) is 1. The number of aliphatic imine (C=N–C) groups is 1. The Morgan fingerprint density at radius 3 is 2.79 bits per heavy atom. The van der Waals surface area contributed by atoms with Crippen LogP contribution in [-0.2, 0) is 0 Å². The lowest BCUT2D eigenvalue weighted by Crippen LogP contribution is -2.30. The van der Waals surface area contributed by atoms with Gasteiger partial charge in [-0.15, -0.1) is 0 Å². The highest BCUT2D eigenvalue weighted by molar-refractivity contribution is 6.37. The van der Waals surface area contributed by atoms with Crippen molar-refractivity contribution in [1.82, 2.24) is 5.32 Å². The van der Waals surface area contributed by atoms with Crippen molar-refractivity contribution in [1.29, 1.82) is 0 Å². The van der Waals surface area contributed by atoms with E-state index in [2.05, 4.69) is 10.3 Å². The van der Waals surface area contributed by atoms with E-state index < -0.39 is 0 Å². The van der Waals surface area contributed by atoms with E-state index in [1.165, 1.54) is 0 Å². The van der Waals surface area contributed by atoms with Crippen LogP contribution in [0.15, 0.2) is 23.2 Å². The van der Waals surface area contributed by atoms with Gasteiger partial charge in [-0.2, -0.15) is 0 Å². The predicted octanol–water partition coefficient (Wildman–Crippen LogP) is 2.73. The van der Waals surface area contributed by atoms with E-state index in [0.29, 0.717) is 10.0 Å². The first kappa shape index (κ1) is 9.81. The van der Waals surface area contributed by atoms with E-state index in [1.54, 1.807) is 6.07 Å². The van der Waals surface area contributed by atoms with E-state index in [0.717, 1.165) is 30.9 Å². The minimum Gasteiger partial charge on any atom is -0.370 e. The first-order chi connectivity index (χ1) is 6.77. The molecular weight excluding hydrogens is 219 g/mol. The summed E-state index contributed by atoms with van der Waals surface area (Å²) in [4.78, 5) is 4.37. The molecule has 0 aromatic heterocycles. The fraction of sp³-hybridized carbons (Fsp3) is 0.300. The van der Waals surface area contributed by atoms with Gasteiger partial charge in [0.25, 0.3) is 0 Å². The maximum atomic E-state index is 6.06. The lowest BCUT2D eigenvalue weighted by atomic mass is 10.2. The smallest absolute Gasteiger partial charge is 0.129 e. The second-order valence-electron chi connectivity index (χ2n) is 3.13. The Balaban J connectivity index is 2.35. The summed E-state index contributed by atoms with van der Waals surface area (Å²) < 4.78 is 0. The number of halogens is 2. The van der Waals surface area contributed by atoms with E-state index >= 15 is 0 Å². The molecule has 4 heteroatoms. The van der Waals surface area contributed by atoms with Crippen molar-refractivity contribution in [2.24, 2.45) is 4.99 Å². The van der Waals surface area contributed by atoms with Gasteiger partial charge in [0.2, 0.25) is 0 Å². The van der Waals surface area contributed by atoms with Crippen LogP contribution in [0.5, 0.6) is 0 Å². The number of benzene rings is 1. The summed E-state index contributed by atoms with van der Waals surface area (Å²) in [5.41, 5.74) is 0.927. The van der Waals surface area contributed by atoms with E-state index in [-0.39, 0.29) is 0 Å². The zero-order valence-corrected chi connectivity index (χ0v) is 9.07. The highest BCUT2D eigenvalue weighted by Gasteiger charge is 2.10. The van der Waals surface area contributed by atoms with Crippen molar-refractivity contribution in [2.45, 2.75) is 6.42 Å². The summed E-state index contributed by atoms with van der Waals surface area (Å²) in [5.74, 6) is 0.873. The average molecular weight is 229 g/mol. The van der Waals surface area contributed by atoms with Gasteiger partial charge in [-0.05, 0) is 24.6 Å². The molecule has 0 radical (unpaired) electrons. The summed E-state index contributed by atoms with van der Waals surface area (Å²) in [6.07, 6.45) is 1.08. The second kappa shape index (κ2) is 4.20. The lowest BCUT2D eigenvalue weighted by molar-refractivity contribution is 0.742. The van der Waals surface area contributed by atoms with Crippen LogP contribution < -0.4 is 5.32 Å². The largest absolute Gasteiger partial charge is 0.370 e. The van der Waals surface area contributed by atoms with Crippen LogP contribution in [0, 0.1) is 0 Å². The Bertz CT molecular complexity index is 374. The maximum Gasteiger partial charge on any atom is 0.129 e. The maximum absolute atomic E-state index is 6.06. The number of hydrogen-bond donors (Lipinski definition) is 1. The molecule has 0 saturated carbocycles. The SMILES string of the molecule is Clc1ccc(C2=NCCCN2)c(Cl)c1. The molecule has 0 bridgehead atoms. The van der Waals surface area contributed by atoms with Crippen molar-refractivity contribution >= 4 is 29.0 Å². The predicted molar refractivity (Wildman–Crippen MR) is 60.5 cm³/mol. The summed E-state index contributed by atoms with van der Waals surface area (Å²) in [7, 11) is 0. The molecule has 0 spiro atoms.